The van der Waals surface area contributed by atoms with Crippen LogP contribution in [-0.4, -0.2) is 24.6 Å². The number of nitrogens with one attached hydrogen (secondary N) is 1. The smallest absolute Gasteiger partial charge is 0.257 e. The van der Waals surface area contributed by atoms with Gasteiger partial charge < -0.3 is 0 Å². The Kier molecular flexibility index (Phi) is 4.57. The van der Waals surface area contributed by atoms with Crippen LogP contribution < -0.4 is 5.32 Å². The van der Waals surface area contributed by atoms with Crippen molar-refractivity contribution in [2.75, 3.05) is 5.32 Å². The fourth-order valence-corrected chi connectivity index (χ4v) is 4.13. The largest absolute Gasteiger partial charge is 0.298 e. The molecule has 3 rings (SSSR count). The van der Waals surface area contributed by atoms with Gasteiger partial charge in [0, 0.05) is 5.56 Å². The highest BCUT2D eigenvalue weighted by Crippen LogP contribution is 2.27. The van der Waals surface area contributed by atoms with Gasteiger partial charge in [0.15, 0.2) is 15.0 Å². The van der Waals surface area contributed by atoms with Crippen molar-refractivity contribution in [3.63, 3.8) is 0 Å². The number of hydrogen-bond donors (Lipinski definition) is 1. The molecule has 0 bridgehead atoms. The monoisotopic (exact) mass is 378 g/mol. The number of aromatic nitrogens is 1. The predicted octanol–water partition coefficient (Wildman–Crippen LogP) is 3.87. The summed E-state index contributed by atoms with van der Waals surface area (Å²) in [6.45, 7) is 3.21. The molecular formula is C17H15FN2O3S2. The summed E-state index contributed by atoms with van der Waals surface area (Å²) in [5.74, 6) is -0.774. The van der Waals surface area contributed by atoms with Crippen molar-refractivity contribution >= 4 is 42.4 Å². The Morgan fingerprint density at radius 3 is 2.48 bits per heavy atom. The molecule has 0 atom stereocenters. The van der Waals surface area contributed by atoms with Crippen LogP contribution in [0.3, 0.4) is 0 Å². The Morgan fingerprint density at radius 2 is 1.84 bits per heavy atom. The van der Waals surface area contributed by atoms with Crippen LogP contribution >= 0.6 is 11.3 Å². The van der Waals surface area contributed by atoms with Gasteiger partial charge in [0.05, 0.1) is 20.4 Å². The zero-order chi connectivity index (χ0) is 18.2. The van der Waals surface area contributed by atoms with Crippen LogP contribution in [0.1, 0.15) is 24.2 Å². The number of hydrogen-bond acceptors (Lipinski definition) is 5. The summed E-state index contributed by atoms with van der Waals surface area (Å²) in [7, 11) is -3.38. The highest BCUT2D eigenvalue weighted by Gasteiger charge is 2.19. The Morgan fingerprint density at radius 1 is 1.16 bits per heavy atom. The van der Waals surface area contributed by atoms with E-state index in [0.717, 1.165) is 0 Å². The fourth-order valence-electron chi connectivity index (χ4n) is 2.19. The molecular weight excluding hydrogens is 363 g/mol. The number of carbonyl (C=O) groups excluding carboxylic acids is 1. The summed E-state index contributed by atoms with van der Waals surface area (Å²) in [5.41, 5.74) is 0.910. The Balaban J connectivity index is 1.81. The molecule has 0 spiro atoms. The van der Waals surface area contributed by atoms with Crippen LogP contribution in [0.4, 0.5) is 9.52 Å². The van der Waals surface area contributed by atoms with Gasteiger partial charge in [-0.05, 0) is 56.3 Å². The molecule has 25 heavy (non-hydrogen) atoms. The lowest BCUT2D eigenvalue weighted by Crippen LogP contribution is -2.15. The average Bonchev–Trinajstić information content (AvgIpc) is 2.96. The molecule has 5 nitrogen and oxygen atoms in total. The first-order valence-electron chi connectivity index (χ1n) is 7.49. The van der Waals surface area contributed by atoms with Gasteiger partial charge in [-0.15, -0.1) is 0 Å². The zero-order valence-electron chi connectivity index (χ0n) is 13.5. The second kappa shape index (κ2) is 6.53. The van der Waals surface area contributed by atoms with E-state index in [-0.39, 0.29) is 10.7 Å². The van der Waals surface area contributed by atoms with Crippen molar-refractivity contribution in [3.8, 4) is 0 Å². The first-order valence-corrected chi connectivity index (χ1v) is 9.85. The highest BCUT2D eigenvalue weighted by molar-refractivity contribution is 7.92. The number of carbonyl (C=O) groups is 1. The number of thiazole rings is 1. The van der Waals surface area contributed by atoms with E-state index in [9.17, 15) is 17.6 Å². The predicted molar refractivity (Wildman–Crippen MR) is 96.3 cm³/mol. The van der Waals surface area contributed by atoms with Crippen molar-refractivity contribution in [3.05, 3.63) is 53.8 Å². The van der Waals surface area contributed by atoms with Crippen molar-refractivity contribution in [2.45, 2.75) is 24.0 Å². The maximum Gasteiger partial charge on any atom is 0.257 e. The third-order valence-corrected chi connectivity index (χ3v) is 6.74. The molecule has 1 N–H and O–H groups in total. The first-order chi connectivity index (χ1) is 11.8. The number of benzene rings is 2. The molecule has 3 aromatic rings. The highest BCUT2D eigenvalue weighted by atomic mass is 32.2. The topological polar surface area (TPSA) is 76.1 Å². The molecule has 130 valence electrons. The summed E-state index contributed by atoms with van der Waals surface area (Å²) in [6.07, 6.45) is 0. The number of fused-ring (bicyclic) bond motifs is 1. The van der Waals surface area contributed by atoms with Crippen LogP contribution in [0.2, 0.25) is 0 Å². The van der Waals surface area contributed by atoms with Crippen molar-refractivity contribution in [1.29, 1.82) is 0 Å². The molecule has 1 amide bonds. The van der Waals surface area contributed by atoms with Gasteiger partial charge in [0.25, 0.3) is 5.91 Å². The van der Waals surface area contributed by atoms with E-state index in [1.54, 1.807) is 19.9 Å². The van der Waals surface area contributed by atoms with Gasteiger partial charge in [-0.3, -0.25) is 10.1 Å². The molecule has 0 saturated heterocycles. The van der Waals surface area contributed by atoms with Crippen molar-refractivity contribution < 1.29 is 17.6 Å². The second-order valence-electron chi connectivity index (χ2n) is 5.70. The molecule has 1 heterocycles. The number of sulfone groups is 1. The zero-order valence-corrected chi connectivity index (χ0v) is 15.1. The van der Waals surface area contributed by atoms with E-state index in [1.807, 2.05) is 0 Å². The maximum atomic E-state index is 13.2. The van der Waals surface area contributed by atoms with E-state index in [0.29, 0.717) is 20.9 Å². The van der Waals surface area contributed by atoms with Gasteiger partial charge in [-0.2, -0.15) is 0 Å². The third kappa shape index (κ3) is 3.54. The minimum atomic E-state index is -3.38. The lowest BCUT2D eigenvalue weighted by atomic mass is 10.2. The standard InChI is InChI=1S/C17H15FN2O3S2/c1-10(2)25(22,23)13-6-3-11(4-7-13)16(21)20-17-19-14-8-5-12(18)9-15(14)24-17/h3-10H,1-2H3,(H,19,20,21). The van der Waals surface area contributed by atoms with E-state index >= 15 is 0 Å². The van der Waals surface area contributed by atoms with Gasteiger partial charge in [0.2, 0.25) is 0 Å². The van der Waals surface area contributed by atoms with Crippen LogP contribution in [-0.2, 0) is 9.84 Å². The summed E-state index contributed by atoms with van der Waals surface area (Å²) < 4.78 is 38.0. The molecule has 0 radical (unpaired) electrons. The van der Waals surface area contributed by atoms with Gasteiger partial charge in [-0.1, -0.05) is 11.3 Å². The number of nitrogens with zero attached hydrogens (tertiary/aromatic N) is 1. The minimum absolute atomic E-state index is 0.175. The summed E-state index contributed by atoms with van der Waals surface area (Å²) in [4.78, 5) is 16.7. The van der Waals surface area contributed by atoms with Crippen LogP contribution in [0.5, 0.6) is 0 Å². The van der Waals surface area contributed by atoms with Crippen LogP contribution in [0.25, 0.3) is 10.2 Å². The third-order valence-electron chi connectivity index (χ3n) is 3.64. The molecule has 2 aromatic carbocycles. The van der Waals surface area contributed by atoms with Crippen LogP contribution in [0.15, 0.2) is 47.4 Å². The Bertz CT molecular complexity index is 1040. The van der Waals surface area contributed by atoms with E-state index in [2.05, 4.69) is 10.3 Å². The SMILES string of the molecule is CC(C)S(=O)(=O)c1ccc(C(=O)Nc2nc3ccc(F)cc3s2)cc1. The second-order valence-corrected chi connectivity index (χ2v) is 9.24. The van der Waals surface area contributed by atoms with Gasteiger partial charge in [-0.25, -0.2) is 17.8 Å². The normalized spacial score (nSPS) is 11.8. The quantitative estimate of drug-likeness (QED) is 0.748. The Labute approximate surface area is 148 Å². The van der Waals surface area contributed by atoms with Crippen LogP contribution in [0, 0.1) is 5.82 Å². The lowest BCUT2D eigenvalue weighted by Gasteiger charge is -2.08. The lowest BCUT2D eigenvalue weighted by molar-refractivity contribution is 0.102. The van der Waals surface area contributed by atoms with E-state index in [4.69, 9.17) is 0 Å². The minimum Gasteiger partial charge on any atom is -0.298 e. The average molecular weight is 378 g/mol. The fraction of sp³-hybridized carbons (Fsp3) is 0.176. The van der Waals surface area contributed by atoms with Crippen molar-refractivity contribution in [2.24, 2.45) is 0 Å². The molecule has 0 fully saturated rings. The molecule has 8 heteroatoms. The number of halogens is 1. The molecule has 0 saturated carbocycles. The molecule has 0 aliphatic heterocycles. The van der Waals surface area contributed by atoms with E-state index in [1.165, 1.54) is 47.7 Å². The summed E-state index contributed by atoms with van der Waals surface area (Å²) in [5, 5.41) is 2.46. The molecule has 0 unspecified atom stereocenters. The number of rotatable bonds is 4. The van der Waals surface area contributed by atoms with Gasteiger partial charge >= 0.3 is 0 Å². The molecule has 1 aromatic heterocycles. The number of anilines is 1. The van der Waals surface area contributed by atoms with Crippen molar-refractivity contribution in [1.82, 2.24) is 4.98 Å². The summed E-state index contributed by atoms with van der Waals surface area (Å²) >= 11 is 1.17. The Hall–Kier alpha value is -2.32. The summed E-state index contributed by atoms with van der Waals surface area (Å²) in [6, 6.07) is 9.95. The van der Waals surface area contributed by atoms with E-state index < -0.39 is 21.0 Å². The molecule has 0 aliphatic carbocycles. The maximum absolute atomic E-state index is 13.2. The van der Waals surface area contributed by atoms with Gasteiger partial charge in [0.1, 0.15) is 5.82 Å². The molecule has 0 aliphatic rings. The first kappa shape index (κ1) is 17.5. The number of amides is 1.